The van der Waals surface area contributed by atoms with Gasteiger partial charge in [0.15, 0.2) is 5.82 Å². The highest BCUT2D eigenvalue weighted by Gasteiger charge is 2.40. The summed E-state index contributed by atoms with van der Waals surface area (Å²) in [6, 6.07) is 49.3. The van der Waals surface area contributed by atoms with Crippen molar-refractivity contribution in [3.8, 4) is 50.8 Å². The van der Waals surface area contributed by atoms with Gasteiger partial charge < -0.3 is 4.57 Å². The van der Waals surface area contributed by atoms with E-state index in [0.29, 0.717) is 5.82 Å². The van der Waals surface area contributed by atoms with Gasteiger partial charge in [0.05, 0.1) is 28.1 Å². The third-order valence-corrected chi connectivity index (χ3v) is 9.46. The molecule has 3 aromatic heterocycles. The van der Waals surface area contributed by atoms with Crippen LogP contribution in [0.3, 0.4) is 0 Å². The predicted octanol–water partition coefficient (Wildman–Crippen LogP) is 10.3. The number of fused-ring (bicyclic) bond motifs is 6. The molecule has 4 nitrogen and oxygen atoms in total. The van der Waals surface area contributed by atoms with Crippen LogP contribution in [-0.2, 0) is 5.41 Å². The molecule has 0 spiro atoms. The first-order chi connectivity index (χ1) is 22.6. The molecule has 9 rings (SSSR count). The Kier molecular flexibility index (Phi) is 5.81. The molecule has 5 aromatic carbocycles. The van der Waals surface area contributed by atoms with E-state index in [0.717, 1.165) is 39.5 Å². The molecule has 0 saturated carbocycles. The van der Waals surface area contributed by atoms with Crippen LogP contribution in [0.2, 0.25) is 0 Å². The molecule has 3 heterocycles. The van der Waals surface area contributed by atoms with Crippen LogP contribution in [-0.4, -0.2) is 19.5 Å². The highest BCUT2D eigenvalue weighted by molar-refractivity contribution is 6.09. The molecule has 46 heavy (non-hydrogen) atoms. The Balaban J connectivity index is 1.16. The monoisotopic (exact) mass is 590 g/mol. The van der Waals surface area contributed by atoms with E-state index in [1.807, 2.05) is 42.6 Å². The number of rotatable bonds is 4. The lowest BCUT2D eigenvalue weighted by Crippen LogP contribution is -2.18. The van der Waals surface area contributed by atoms with Gasteiger partial charge in [0.1, 0.15) is 0 Å². The van der Waals surface area contributed by atoms with Crippen molar-refractivity contribution in [2.24, 2.45) is 0 Å². The summed E-state index contributed by atoms with van der Waals surface area (Å²) in [5.41, 5.74) is 12.9. The molecule has 218 valence electrons. The Morgan fingerprint density at radius 2 is 1.17 bits per heavy atom. The highest BCUT2D eigenvalue weighted by Crippen LogP contribution is 2.52. The molecular weight excluding hydrogens is 560 g/mol. The third kappa shape index (κ3) is 3.97. The molecule has 1 aliphatic carbocycles. The molecule has 0 amide bonds. The van der Waals surface area contributed by atoms with Crippen molar-refractivity contribution >= 4 is 21.8 Å². The van der Waals surface area contributed by atoms with Crippen LogP contribution < -0.4 is 0 Å². The second-order valence-electron chi connectivity index (χ2n) is 12.5. The number of pyridine rings is 1. The molecule has 4 heteroatoms. The summed E-state index contributed by atoms with van der Waals surface area (Å²) >= 11 is 0. The molecule has 1 aliphatic rings. The zero-order valence-corrected chi connectivity index (χ0v) is 25.6. The molecule has 0 bridgehead atoms. The minimum atomic E-state index is -0.314. The van der Waals surface area contributed by atoms with E-state index in [1.165, 1.54) is 38.5 Å². The molecule has 0 unspecified atom stereocenters. The van der Waals surface area contributed by atoms with E-state index in [9.17, 15) is 0 Å². The standard InChI is InChI=1S/C42H30N4/c1-42(2)34-26-29(27-19-22-30(23-20-27)46-36-17-8-6-14-31(36)32-15-7-9-18-37(32)46)21-24-33(34)39-38(42)40(35-16-10-11-25-43-35)45-41(44-39)28-12-4-3-5-13-28/h3-26H,1-2H3. The van der Waals surface area contributed by atoms with Crippen LogP contribution in [0.5, 0.6) is 0 Å². The average molecular weight is 591 g/mol. The van der Waals surface area contributed by atoms with Crippen molar-refractivity contribution in [1.29, 1.82) is 0 Å². The minimum Gasteiger partial charge on any atom is -0.309 e. The molecular formula is C42H30N4. The van der Waals surface area contributed by atoms with Crippen LogP contribution >= 0.6 is 0 Å². The normalized spacial score (nSPS) is 13.2. The largest absolute Gasteiger partial charge is 0.309 e. The number of benzene rings is 5. The summed E-state index contributed by atoms with van der Waals surface area (Å²) in [6.07, 6.45) is 1.84. The Labute approximate surface area is 267 Å². The van der Waals surface area contributed by atoms with Gasteiger partial charge in [-0.2, -0.15) is 0 Å². The van der Waals surface area contributed by atoms with E-state index < -0.39 is 0 Å². The van der Waals surface area contributed by atoms with Crippen molar-refractivity contribution < 1.29 is 0 Å². The van der Waals surface area contributed by atoms with Gasteiger partial charge in [-0.05, 0) is 59.2 Å². The van der Waals surface area contributed by atoms with E-state index in [4.69, 9.17) is 15.0 Å². The second kappa shape index (κ2) is 10.1. The maximum absolute atomic E-state index is 5.20. The summed E-state index contributed by atoms with van der Waals surface area (Å²) in [5, 5.41) is 2.54. The zero-order chi connectivity index (χ0) is 30.8. The van der Waals surface area contributed by atoms with Gasteiger partial charge >= 0.3 is 0 Å². The van der Waals surface area contributed by atoms with Gasteiger partial charge in [0.2, 0.25) is 0 Å². The summed E-state index contributed by atoms with van der Waals surface area (Å²) in [5.74, 6) is 0.716. The lowest BCUT2D eigenvalue weighted by atomic mass is 9.80. The minimum absolute atomic E-state index is 0.314. The first-order valence-electron chi connectivity index (χ1n) is 15.7. The topological polar surface area (TPSA) is 43.6 Å². The quantitative estimate of drug-likeness (QED) is 0.205. The fraction of sp³-hybridized carbons (Fsp3) is 0.0714. The molecule has 8 aromatic rings. The van der Waals surface area contributed by atoms with Crippen molar-refractivity contribution in [1.82, 2.24) is 19.5 Å². The average Bonchev–Trinajstić information content (AvgIpc) is 3.57. The van der Waals surface area contributed by atoms with Crippen LogP contribution in [0.1, 0.15) is 25.0 Å². The molecule has 0 N–H and O–H groups in total. The SMILES string of the molecule is CC1(C)c2cc(-c3ccc(-n4c5ccccc5c5ccccc54)cc3)ccc2-c2nc(-c3ccccc3)nc(-c3ccccn3)c21. The Morgan fingerprint density at radius 1 is 0.543 bits per heavy atom. The fourth-order valence-electron chi connectivity index (χ4n) is 7.24. The fourth-order valence-corrected chi connectivity index (χ4v) is 7.24. The van der Waals surface area contributed by atoms with Crippen LogP contribution in [0.4, 0.5) is 0 Å². The maximum atomic E-state index is 5.20. The van der Waals surface area contributed by atoms with E-state index in [-0.39, 0.29) is 5.41 Å². The molecule has 0 saturated heterocycles. The number of nitrogens with zero attached hydrogens (tertiary/aromatic N) is 4. The van der Waals surface area contributed by atoms with Gasteiger partial charge in [-0.15, -0.1) is 0 Å². The molecule has 0 radical (unpaired) electrons. The molecule has 0 atom stereocenters. The van der Waals surface area contributed by atoms with Crippen LogP contribution in [0.15, 0.2) is 146 Å². The van der Waals surface area contributed by atoms with Gasteiger partial charge in [-0.3, -0.25) is 4.98 Å². The Hall–Kier alpha value is -5.87. The highest BCUT2D eigenvalue weighted by atomic mass is 15.0. The lowest BCUT2D eigenvalue weighted by Gasteiger charge is -2.24. The van der Waals surface area contributed by atoms with Gasteiger partial charge in [-0.1, -0.05) is 111 Å². The van der Waals surface area contributed by atoms with Gasteiger partial charge in [0, 0.05) is 44.8 Å². The van der Waals surface area contributed by atoms with Crippen molar-refractivity contribution in [3.63, 3.8) is 0 Å². The van der Waals surface area contributed by atoms with E-state index >= 15 is 0 Å². The summed E-state index contributed by atoms with van der Waals surface area (Å²) < 4.78 is 2.36. The van der Waals surface area contributed by atoms with Crippen molar-refractivity contribution in [3.05, 3.63) is 157 Å². The van der Waals surface area contributed by atoms with Gasteiger partial charge in [-0.25, -0.2) is 9.97 Å². The summed E-state index contributed by atoms with van der Waals surface area (Å²) in [7, 11) is 0. The Bertz CT molecular complexity index is 2370. The molecule has 0 fully saturated rings. The van der Waals surface area contributed by atoms with Crippen LogP contribution in [0, 0.1) is 0 Å². The summed E-state index contributed by atoms with van der Waals surface area (Å²) in [4.78, 5) is 15.1. The van der Waals surface area contributed by atoms with Crippen molar-refractivity contribution in [2.45, 2.75) is 19.3 Å². The predicted molar refractivity (Wildman–Crippen MR) is 188 cm³/mol. The first-order valence-corrected chi connectivity index (χ1v) is 15.7. The zero-order valence-electron chi connectivity index (χ0n) is 25.6. The number of hydrogen-bond acceptors (Lipinski definition) is 3. The second-order valence-corrected chi connectivity index (χ2v) is 12.5. The number of aromatic nitrogens is 4. The van der Waals surface area contributed by atoms with Crippen LogP contribution in [0.25, 0.3) is 72.7 Å². The third-order valence-electron chi connectivity index (χ3n) is 9.46. The smallest absolute Gasteiger partial charge is 0.160 e. The number of hydrogen-bond donors (Lipinski definition) is 0. The first kappa shape index (κ1) is 26.5. The Morgan fingerprint density at radius 3 is 1.87 bits per heavy atom. The van der Waals surface area contributed by atoms with E-state index in [2.05, 4.69) is 122 Å². The summed E-state index contributed by atoms with van der Waals surface area (Å²) in [6.45, 7) is 4.57. The maximum Gasteiger partial charge on any atom is 0.160 e. The number of para-hydroxylation sites is 2. The van der Waals surface area contributed by atoms with E-state index in [1.54, 1.807) is 0 Å². The lowest BCUT2D eigenvalue weighted by molar-refractivity contribution is 0.657. The molecule has 0 aliphatic heterocycles. The van der Waals surface area contributed by atoms with Crippen molar-refractivity contribution in [2.75, 3.05) is 0 Å². The van der Waals surface area contributed by atoms with Gasteiger partial charge in [0.25, 0.3) is 0 Å².